The zero-order chi connectivity index (χ0) is 17.8. The summed E-state index contributed by atoms with van der Waals surface area (Å²) >= 11 is 3.19. The van der Waals surface area contributed by atoms with Crippen molar-refractivity contribution in [3.05, 3.63) is 65.8 Å². The zero-order valence-corrected chi connectivity index (χ0v) is 15.4. The van der Waals surface area contributed by atoms with E-state index in [1.165, 1.54) is 0 Å². The number of carbonyl (C=O) groups is 1. The Hall–Kier alpha value is -2.64. The number of thioether (sulfide) groups is 1. The van der Waals surface area contributed by atoms with Gasteiger partial charge >= 0.3 is 0 Å². The maximum Gasteiger partial charge on any atom is 0.234 e. The second-order valence-corrected chi connectivity index (χ2v) is 7.59. The van der Waals surface area contributed by atoms with E-state index in [1.54, 1.807) is 29.3 Å². The monoisotopic (exact) mass is 380 g/mol. The van der Waals surface area contributed by atoms with Gasteiger partial charge in [-0.3, -0.25) is 9.78 Å². The third-order valence-electron chi connectivity index (χ3n) is 3.73. The molecule has 26 heavy (non-hydrogen) atoms. The summed E-state index contributed by atoms with van der Waals surface area (Å²) in [7, 11) is 0. The van der Waals surface area contributed by atoms with Gasteiger partial charge in [0.1, 0.15) is 5.82 Å². The fraction of sp³-hybridized carbons (Fsp3) is 0.105. The molecule has 7 heteroatoms. The Balaban J connectivity index is 1.38. The molecule has 1 amide bonds. The average molecular weight is 380 g/mol. The topological polar surface area (TPSA) is 70.7 Å². The third kappa shape index (κ3) is 3.95. The van der Waals surface area contributed by atoms with Crippen molar-refractivity contribution in [1.82, 2.24) is 15.0 Å². The van der Waals surface area contributed by atoms with Gasteiger partial charge in [0.2, 0.25) is 5.91 Å². The van der Waals surface area contributed by atoms with E-state index in [2.05, 4.69) is 20.3 Å². The summed E-state index contributed by atoms with van der Waals surface area (Å²) in [5.41, 5.74) is 3.54. The standard InChI is InChI=1S/C19H16N4OS2/c24-18(12-25-11-14-4-1-2-8-20-14)21-13-6-7-15-16(10-13)23-19(22-15)17-5-3-9-26-17/h1-10H,11-12H2,(H,21,24)(H,22,23). The Bertz CT molecular complexity index is 1010. The number of imidazole rings is 1. The molecule has 5 nitrogen and oxygen atoms in total. The highest BCUT2D eigenvalue weighted by Crippen LogP contribution is 2.26. The largest absolute Gasteiger partial charge is 0.337 e. The number of H-pyrrole nitrogens is 1. The number of carbonyl (C=O) groups excluding carboxylic acids is 1. The van der Waals surface area contributed by atoms with Gasteiger partial charge in [-0.2, -0.15) is 0 Å². The van der Waals surface area contributed by atoms with Crippen LogP contribution in [0.5, 0.6) is 0 Å². The van der Waals surface area contributed by atoms with E-state index < -0.39 is 0 Å². The lowest BCUT2D eigenvalue weighted by molar-refractivity contribution is -0.113. The number of hydrogen-bond acceptors (Lipinski definition) is 5. The Labute approximate surface area is 158 Å². The van der Waals surface area contributed by atoms with E-state index in [4.69, 9.17) is 0 Å². The number of fused-ring (bicyclic) bond motifs is 1. The molecule has 1 aromatic carbocycles. The molecule has 0 atom stereocenters. The van der Waals surface area contributed by atoms with Crippen LogP contribution in [0.3, 0.4) is 0 Å². The molecule has 0 bridgehead atoms. The predicted octanol–water partition coefficient (Wildman–Crippen LogP) is 4.56. The first-order valence-corrected chi connectivity index (χ1v) is 10.1. The number of thiophene rings is 1. The van der Waals surface area contributed by atoms with Crippen molar-refractivity contribution in [2.45, 2.75) is 5.75 Å². The fourth-order valence-electron chi connectivity index (χ4n) is 2.55. The van der Waals surface area contributed by atoms with Gasteiger partial charge in [-0.1, -0.05) is 12.1 Å². The van der Waals surface area contributed by atoms with E-state index in [0.717, 1.165) is 38.9 Å². The molecule has 0 radical (unpaired) electrons. The molecule has 2 N–H and O–H groups in total. The van der Waals surface area contributed by atoms with Gasteiger partial charge in [-0.15, -0.1) is 23.1 Å². The van der Waals surface area contributed by atoms with Crippen molar-refractivity contribution in [2.75, 3.05) is 11.1 Å². The van der Waals surface area contributed by atoms with Crippen molar-refractivity contribution in [1.29, 1.82) is 0 Å². The van der Waals surface area contributed by atoms with Gasteiger partial charge in [0.15, 0.2) is 0 Å². The summed E-state index contributed by atoms with van der Waals surface area (Å²) in [6.45, 7) is 0. The number of pyridine rings is 1. The minimum absolute atomic E-state index is 0.0247. The predicted molar refractivity (Wildman–Crippen MR) is 108 cm³/mol. The van der Waals surface area contributed by atoms with E-state index in [9.17, 15) is 4.79 Å². The molecule has 0 saturated carbocycles. The van der Waals surface area contributed by atoms with E-state index >= 15 is 0 Å². The van der Waals surface area contributed by atoms with Crippen LogP contribution >= 0.6 is 23.1 Å². The molecule has 0 unspecified atom stereocenters. The molecule has 0 aliphatic carbocycles. The van der Waals surface area contributed by atoms with Gasteiger partial charge in [0, 0.05) is 17.6 Å². The van der Waals surface area contributed by atoms with Crippen molar-refractivity contribution in [3.63, 3.8) is 0 Å². The molecule has 0 aliphatic heterocycles. The molecular weight excluding hydrogens is 364 g/mol. The van der Waals surface area contributed by atoms with Crippen LogP contribution in [0, 0.1) is 0 Å². The number of aromatic amines is 1. The molecule has 130 valence electrons. The van der Waals surface area contributed by atoms with Crippen LogP contribution in [0.25, 0.3) is 21.7 Å². The molecule has 3 heterocycles. The van der Waals surface area contributed by atoms with Crippen molar-refractivity contribution < 1.29 is 4.79 Å². The maximum absolute atomic E-state index is 12.2. The third-order valence-corrected chi connectivity index (χ3v) is 5.57. The molecule has 0 saturated heterocycles. The van der Waals surface area contributed by atoms with Gasteiger partial charge in [-0.05, 0) is 41.8 Å². The number of anilines is 1. The molecular formula is C19H16N4OS2. The fourth-order valence-corrected chi connectivity index (χ4v) is 3.95. The first kappa shape index (κ1) is 16.8. The van der Waals surface area contributed by atoms with Gasteiger partial charge in [0.05, 0.1) is 27.4 Å². The quantitative estimate of drug-likeness (QED) is 0.514. The smallest absolute Gasteiger partial charge is 0.234 e. The molecule has 0 fully saturated rings. The van der Waals surface area contributed by atoms with Crippen LogP contribution in [-0.2, 0) is 10.5 Å². The van der Waals surface area contributed by atoms with Crippen LogP contribution < -0.4 is 5.32 Å². The molecule has 4 rings (SSSR count). The summed E-state index contributed by atoms with van der Waals surface area (Å²) in [5.74, 6) is 1.93. The number of nitrogens with zero attached hydrogens (tertiary/aromatic N) is 2. The van der Waals surface area contributed by atoms with Gasteiger partial charge < -0.3 is 10.3 Å². The van der Waals surface area contributed by atoms with E-state index in [-0.39, 0.29) is 5.91 Å². The number of amides is 1. The second-order valence-electron chi connectivity index (χ2n) is 5.66. The summed E-state index contributed by atoms with van der Waals surface area (Å²) < 4.78 is 0. The Kier molecular flexibility index (Phi) is 4.99. The van der Waals surface area contributed by atoms with E-state index in [1.807, 2.05) is 53.9 Å². The SMILES string of the molecule is O=C(CSCc1ccccn1)Nc1ccc2nc(-c3cccs3)[nH]c2c1. The molecule has 3 aromatic heterocycles. The maximum atomic E-state index is 12.2. The number of nitrogens with one attached hydrogen (secondary N) is 2. The summed E-state index contributed by atoms with van der Waals surface area (Å²) in [4.78, 5) is 25.4. The second kappa shape index (κ2) is 7.72. The minimum atomic E-state index is -0.0247. The molecule has 4 aromatic rings. The van der Waals surface area contributed by atoms with Crippen LogP contribution in [-0.4, -0.2) is 26.6 Å². The normalized spacial score (nSPS) is 10.9. The van der Waals surface area contributed by atoms with E-state index in [0.29, 0.717) is 5.75 Å². The zero-order valence-electron chi connectivity index (χ0n) is 13.8. The molecule has 0 spiro atoms. The summed E-state index contributed by atoms with van der Waals surface area (Å²) in [6.07, 6.45) is 1.76. The highest BCUT2D eigenvalue weighted by Gasteiger charge is 2.08. The lowest BCUT2D eigenvalue weighted by Gasteiger charge is -2.05. The first-order valence-electron chi connectivity index (χ1n) is 8.09. The summed E-state index contributed by atoms with van der Waals surface area (Å²) in [5, 5.41) is 4.96. The van der Waals surface area contributed by atoms with Crippen LogP contribution in [0.4, 0.5) is 5.69 Å². The summed E-state index contributed by atoms with van der Waals surface area (Å²) in [6, 6.07) is 15.5. The van der Waals surface area contributed by atoms with Crippen molar-refractivity contribution in [2.24, 2.45) is 0 Å². The van der Waals surface area contributed by atoms with Crippen LogP contribution in [0.1, 0.15) is 5.69 Å². The Morgan fingerprint density at radius 2 is 2.15 bits per heavy atom. The van der Waals surface area contributed by atoms with Crippen LogP contribution in [0.15, 0.2) is 60.1 Å². The number of benzene rings is 1. The highest BCUT2D eigenvalue weighted by atomic mass is 32.2. The van der Waals surface area contributed by atoms with Gasteiger partial charge in [-0.25, -0.2) is 4.98 Å². The average Bonchev–Trinajstić information content (AvgIpc) is 3.31. The lowest BCUT2D eigenvalue weighted by Crippen LogP contribution is -2.14. The number of rotatable bonds is 6. The Morgan fingerprint density at radius 3 is 2.96 bits per heavy atom. The number of hydrogen-bond donors (Lipinski definition) is 2. The number of aromatic nitrogens is 3. The minimum Gasteiger partial charge on any atom is -0.337 e. The van der Waals surface area contributed by atoms with Crippen molar-refractivity contribution in [3.8, 4) is 10.7 Å². The Morgan fingerprint density at radius 1 is 1.19 bits per heavy atom. The lowest BCUT2D eigenvalue weighted by atomic mass is 10.3. The molecule has 0 aliphatic rings. The first-order chi connectivity index (χ1) is 12.8. The van der Waals surface area contributed by atoms with Gasteiger partial charge in [0.25, 0.3) is 0 Å². The van der Waals surface area contributed by atoms with Crippen LogP contribution in [0.2, 0.25) is 0 Å². The van der Waals surface area contributed by atoms with Crippen molar-refractivity contribution >= 4 is 45.7 Å². The highest BCUT2D eigenvalue weighted by molar-refractivity contribution is 7.99.